The Bertz CT molecular complexity index is 496. The van der Waals surface area contributed by atoms with Crippen LogP contribution in [0.4, 0.5) is 11.4 Å². The van der Waals surface area contributed by atoms with Crippen LogP contribution in [-0.2, 0) is 0 Å². The minimum Gasteiger partial charge on any atom is -0.424 e. The molecule has 0 spiro atoms. The van der Waals surface area contributed by atoms with Crippen molar-refractivity contribution in [3.8, 4) is 11.8 Å². The number of anilines is 2. The largest absolute Gasteiger partial charge is 0.424 e. The monoisotopic (exact) mass is 230 g/mol. The fraction of sp³-hybridized carbons (Fsp3) is 0.167. The van der Waals surface area contributed by atoms with Crippen LogP contribution >= 0.6 is 0 Å². The van der Waals surface area contributed by atoms with Crippen LogP contribution in [-0.4, -0.2) is 24.1 Å². The van der Waals surface area contributed by atoms with E-state index in [2.05, 4.69) is 9.97 Å². The van der Waals surface area contributed by atoms with Gasteiger partial charge in [0.2, 0.25) is 0 Å². The van der Waals surface area contributed by atoms with Crippen LogP contribution in [0.2, 0.25) is 0 Å². The molecule has 0 aliphatic rings. The molecule has 0 saturated heterocycles. The van der Waals surface area contributed by atoms with Crippen molar-refractivity contribution < 1.29 is 4.74 Å². The SMILES string of the molecule is CN(C)c1cccc(Oc2ncc(N)cn2)c1. The maximum atomic E-state index is 5.52. The van der Waals surface area contributed by atoms with Gasteiger partial charge in [-0.2, -0.15) is 0 Å². The Morgan fingerprint density at radius 3 is 2.53 bits per heavy atom. The predicted molar refractivity (Wildman–Crippen MR) is 67.3 cm³/mol. The van der Waals surface area contributed by atoms with Gasteiger partial charge in [-0.1, -0.05) is 6.07 Å². The Hall–Kier alpha value is -2.30. The van der Waals surface area contributed by atoms with Crippen LogP contribution in [0.25, 0.3) is 0 Å². The molecule has 5 heteroatoms. The number of aromatic nitrogens is 2. The first-order chi connectivity index (χ1) is 8.15. The molecule has 88 valence electrons. The molecular formula is C12H14N4O. The number of ether oxygens (including phenoxy) is 1. The Morgan fingerprint density at radius 1 is 1.18 bits per heavy atom. The number of nitrogens with zero attached hydrogens (tertiary/aromatic N) is 3. The van der Waals surface area contributed by atoms with Crippen molar-refractivity contribution in [3.63, 3.8) is 0 Å². The standard InChI is InChI=1S/C12H14N4O/c1-16(2)10-4-3-5-11(6-10)17-12-14-7-9(13)8-15-12/h3-8H,13H2,1-2H3. The molecule has 2 rings (SSSR count). The molecule has 0 bridgehead atoms. The minimum absolute atomic E-state index is 0.287. The van der Waals surface area contributed by atoms with E-state index >= 15 is 0 Å². The molecule has 0 aliphatic heterocycles. The normalized spacial score (nSPS) is 10.0. The summed E-state index contributed by atoms with van der Waals surface area (Å²) in [5.41, 5.74) is 7.06. The second kappa shape index (κ2) is 4.69. The van der Waals surface area contributed by atoms with Crippen molar-refractivity contribution in [2.75, 3.05) is 24.7 Å². The zero-order valence-corrected chi connectivity index (χ0v) is 9.79. The predicted octanol–water partition coefficient (Wildman–Crippen LogP) is 1.92. The van der Waals surface area contributed by atoms with E-state index < -0.39 is 0 Å². The summed E-state index contributed by atoms with van der Waals surface area (Å²) in [7, 11) is 3.94. The maximum Gasteiger partial charge on any atom is 0.322 e. The highest BCUT2D eigenvalue weighted by Gasteiger charge is 2.02. The van der Waals surface area contributed by atoms with Gasteiger partial charge in [0.15, 0.2) is 0 Å². The van der Waals surface area contributed by atoms with E-state index in [1.807, 2.05) is 43.3 Å². The van der Waals surface area contributed by atoms with E-state index in [-0.39, 0.29) is 6.01 Å². The lowest BCUT2D eigenvalue weighted by molar-refractivity contribution is 0.442. The molecule has 0 amide bonds. The van der Waals surface area contributed by atoms with Crippen molar-refractivity contribution in [2.45, 2.75) is 0 Å². The van der Waals surface area contributed by atoms with Crippen molar-refractivity contribution in [1.82, 2.24) is 9.97 Å². The van der Waals surface area contributed by atoms with Gasteiger partial charge in [0.1, 0.15) is 5.75 Å². The third-order valence-electron chi connectivity index (χ3n) is 2.19. The van der Waals surface area contributed by atoms with E-state index in [4.69, 9.17) is 10.5 Å². The molecular weight excluding hydrogens is 216 g/mol. The molecule has 0 fully saturated rings. The topological polar surface area (TPSA) is 64.3 Å². The van der Waals surface area contributed by atoms with Crippen LogP contribution in [0.3, 0.4) is 0 Å². The Balaban J connectivity index is 2.18. The van der Waals surface area contributed by atoms with Gasteiger partial charge in [-0.25, -0.2) is 9.97 Å². The van der Waals surface area contributed by atoms with E-state index in [1.54, 1.807) is 0 Å². The zero-order valence-electron chi connectivity index (χ0n) is 9.79. The van der Waals surface area contributed by atoms with Gasteiger partial charge in [0, 0.05) is 25.8 Å². The number of rotatable bonds is 3. The van der Waals surface area contributed by atoms with Crippen molar-refractivity contribution in [3.05, 3.63) is 36.7 Å². The molecule has 0 radical (unpaired) electrons. The average molecular weight is 230 g/mol. The van der Waals surface area contributed by atoms with E-state index in [9.17, 15) is 0 Å². The van der Waals surface area contributed by atoms with Gasteiger partial charge in [0.05, 0.1) is 18.1 Å². The summed E-state index contributed by atoms with van der Waals surface area (Å²) in [6, 6.07) is 7.97. The molecule has 0 unspecified atom stereocenters. The highest BCUT2D eigenvalue weighted by atomic mass is 16.5. The molecule has 2 N–H and O–H groups in total. The third-order valence-corrected chi connectivity index (χ3v) is 2.19. The van der Waals surface area contributed by atoms with Crippen LogP contribution in [0.5, 0.6) is 11.8 Å². The van der Waals surface area contributed by atoms with Gasteiger partial charge in [-0.15, -0.1) is 0 Å². The summed E-state index contributed by atoms with van der Waals surface area (Å²) in [6.07, 6.45) is 3.02. The first-order valence-electron chi connectivity index (χ1n) is 5.18. The van der Waals surface area contributed by atoms with E-state index in [0.29, 0.717) is 11.4 Å². The smallest absolute Gasteiger partial charge is 0.322 e. The molecule has 0 saturated carbocycles. The first kappa shape index (κ1) is 11.2. The minimum atomic E-state index is 0.287. The fourth-order valence-corrected chi connectivity index (χ4v) is 1.31. The number of nitrogen functional groups attached to an aromatic ring is 1. The van der Waals surface area contributed by atoms with Crippen molar-refractivity contribution in [2.24, 2.45) is 0 Å². The zero-order chi connectivity index (χ0) is 12.3. The second-order valence-electron chi connectivity index (χ2n) is 3.79. The summed E-state index contributed by atoms with van der Waals surface area (Å²) in [5.74, 6) is 0.695. The van der Waals surface area contributed by atoms with Crippen LogP contribution in [0.15, 0.2) is 36.7 Å². The molecule has 1 aromatic carbocycles. The lowest BCUT2D eigenvalue weighted by Gasteiger charge is -2.13. The van der Waals surface area contributed by atoms with Gasteiger partial charge >= 0.3 is 6.01 Å². The average Bonchev–Trinajstić information content (AvgIpc) is 2.32. The fourth-order valence-electron chi connectivity index (χ4n) is 1.31. The van der Waals surface area contributed by atoms with Crippen molar-refractivity contribution >= 4 is 11.4 Å². The summed E-state index contributed by atoms with van der Waals surface area (Å²) < 4.78 is 5.52. The van der Waals surface area contributed by atoms with Crippen LogP contribution in [0.1, 0.15) is 0 Å². The Morgan fingerprint density at radius 2 is 1.88 bits per heavy atom. The van der Waals surface area contributed by atoms with E-state index in [0.717, 1.165) is 5.69 Å². The van der Waals surface area contributed by atoms with Gasteiger partial charge in [-0.3, -0.25) is 0 Å². The number of nitrogens with two attached hydrogens (primary N) is 1. The second-order valence-corrected chi connectivity index (χ2v) is 3.79. The highest BCUT2D eigenvalue weighted by Crippen LogP contribution is 2.22. The first-order valence-corrected chi connectivity index (χ1v) is 5.18. The summed E-state index contributed by atoms with van der Waals surface area (Å²) in [5, 5.41) is 0. The molecule has 1 heterocycles. The lowest BCUT2D eigenvalue weighted by Crippen LogP contribution is -2.08. The molecule has 2 aromatic rings. The number of hydrogen-bond acceptors (Lipinski definition) is 5. The lowest BCUT2D eigenvalue weighted by atomic mass is 10.3. The highest BCUT2D eigenvalue weighted by molar-refractivity contribution is 5.49. The molecule has 5 nitrogen and oxygen atoms in total. The van der Waals surface area contributed by atoms with Gasteiger partial charge in [0.25, 0.3) is 0 Å². The van der Waals surface area contributed by atoms with Crippen molar-refractivity contribution in [1.29, 1.82) is 0 Å². The molecule has 17 heavy (non-hydrogen) atoms. The Labute approximate surface area is 99.9 Å². The molecule has 1 aromatic heterocycles. The maximum absolute atomic E-state index is 5.52. The molecule has 0 aliphatic carbocycles. The van der Waals surface area contributed by atoms with Crippen LogP contribution in [0, 0.1) is 0 Å². The van der Waals surface area contributed by atoms with Crippen LogP contribution < -0.4 is 15.4 Å². The summed E-state index contributed by atoms with van der Waals surface area (Å²) in [4.78, 5) is 9.95. The van der Waals surface area contributed by atoms with E-state index in [1.165, 1.54) is 12.4 Å². The molecule has 0 atom stereocenters. The summed E-state index contributed by atoms with van der Waals surface area (Å²) >= 11 is 0. The van der Waals surface area contributed by atoms with Gasteiger partial charge < -0.3 is 15.4 Å². The van der Waals surface area contributed by atoms with Gasteiger partial charge in [-0.05, 0) is 12.1 Å². The number of benzene rings is 1. The quantitative estimate of drug-likeness (QED) is 0.872. The summed E-state index contributed by atoms with van der Waals surface area (Å²) in [6.45, 7) is 0. The Kier molecular flexibility index (Phi) is 3.09. The third kappa shape index (κ3) is 2.84. The number of hydrogen-bond donors (Lipinski definition) is 1.